The predicted molar refractivity (Wildman–Crippen MR) is 111 cm³/mol. The van der Waals surface area contributed by atoms with E-state index in [9.17, 15) is 4.79 Å². The molecule has 0 fully saturated rings. The number of ether oxygens (including phenoxy) is 1. The van der Waals surface area contributed by atoms with Gasteiger partial charge in [-0.3, -0.25) is 4.79 Å². The standard InChI is InChI=1S/C23H21N3O2/c1-16-8-7-13-26-15-21(25-22(16)26)18-9-6-10-19(14-18)24-23(27)17(2)28-20-11-4-3-5-12-20/h3-15,17H,1-2H3,(H,24,27). The van der Waals surface area contributed by atoms with Crippen LogP contribution in [0.15, 0.2) is 79.1 Å². The highest BCUT2D eigenvalue weighted by Gasteiger charge is 2.15. The maximum absolute atomic E-state index is 12.5. The van der Waals surface area contributed by atoms with E-state index >= 15 is 0 Å². The Labute approximate surface area is 163 Å². The van der Waals surface area contributed by atoms with Gasteiger partial charge in [-0.1, -0.05) is 36.4 Å². The first-order valence-electron chi connectivity index (χ1n) is 9.17. The van der Waals surface area contributed by atoms with Gasteiger partial charge in [0, 0.05) is 23.6 Å². The maximum Gasteiger partial charge on any atom is 0.265 e. The fourth-order valence-electron chi connectivity index (χ4n) is 3.05. The van der Waals surface area contributed by atoms with Crippen LogP contribution in [-0.2, 0) is 4.79 Å². The maximum atomic E-state index is 12.5. The van der Waals surface area contributed by atoms with Crippen LogP contribution in [0.2, 0.25) is 0 Å². The summed E-state index contributed by atoms with van der Waals surface area (Å²) in [7, 11) is 0. The number of hydrogen-bond donors (Lipinski definition) is 1. The van der Waals surface area contributed by atoms with Crippen LogP contribution >= 0.6 is 0 Å². The van der Waals surface area contributed by atoms with E-state index in [1.165, 1.54) is 0 Å². The van der Waals surface area contributed by atoms with E-state index < -0.39 is 6.10 Å². The van der Waals surface area contributed by atoms with Crippen LogP contribution in [0.3, 0.4) is 0 Å². The average Bonchev–Trinajstić information content (AvgIpc) is 3.15. The second-order valence-electron chi connectivity index (χ2n) is 6.69. The molecular weight excluding hydrogens is 350 g/mol. The highest BCUT2D eigenvalue weighted by Crippen LogP contribution is 2.23. The van der Waals surface area contributed by atoms with E-state index in [0.29, 0.717) is 11.4 Å². The molecule has 5 nitrogen and oxygen atoms in total. The Bertz CT molecular complexity index is 1120. The topological polar surface area (TPSA) is 55.6 Å². The SMILES string of the molecule is Cc1cccn2cc(-c3cccc(NC(=O)C(C)Oc4ccccc4)c3)nc12. The third-order valence-electron chi connectivity index (χ3n) is 4.53. The van der Waals surface area contributed by atoms with Crippen molar-refractivity contribution in [3.63, 3.8) is 0 Å². The molecule has 2 heterocycles. The highest BCUT2D eigenvalue weighted by molar-refractivity contribution is 5.94. The number of imidazole rings is 1. The number of nitrogens with one attached hydrogen (secondary N) is 1. The number of hydrogen-bond acceptors (Lipinski definition) is 3. The molecule has 0 radical (unpaired) electrons. The van der Waals surface area contributed by atoms with Gasteiger partial charge in [-0.25, -0.2) is 4.98 Å². The molecule has 0 aliphatic heterocycles. The number of benzene rings is 2. The molecule has 1 atom stereocenters. The summed E-state index contributed by atoms with van der Waals surface area (Å²) in [6.45, 7) is 3.77. The van der Waals surface area contributed by atoms with Crippen LogP contribution in [0.5, 0.6) is 5.75 Å². The van der Waals surface area contributed by atoms with Gasteiger partial charge >= 0.3 is 0 Å². The lowest BCUT2D eigenvalue weighted by molar-refractivity contribution is -0.122. The van der Waals surface area contributed by atoms with Crippen LogP contribution in [0.25, 0.3) is 16.9 Å². The van der Waals surface area contributed by atoms with E-state index in [1.807, 2.05) is 90.4 Å². The third-order valence-corrected chi connectivity index (χ3v) is 4.53. The zero-order valence-electron chi connectivity index (χ0n) is 15.8. The van der Waals surface area contributed by atoms with E-state index in [0.717, 1.165) is 22.5 Å². The van der Waals surface area contributed by atoms with Crippen LogP contribution in [0.1, 0.15) is 12.5 Å². The number of nitrogens with zero attached hydrogens (tertiary/aromatic N) is 2. The van der Waals surface area contributed by atoms with Gasteiger partial charge in [-0.2, -0.15) is 0 Å². The van der Waals surface area contributed by atoms with Crippen LogP contribution in [0, 0.1) is 6.92 Å². The third kappa shape index (κ3) is 3.74. The van der Waals surface area contributed by atoms with Gasteiger partial charge in [0.05, 0.1) is 5.69 Å². The van der Waals surface area contributed by atoms with Crippen molar-refractivity contribution in [1.82, 2.24) is 9.38 Å². The van der Waals surface area contributed by atoms with Crippen molar-refractivity contribution in [2.24, 2.45) is 0 Å². The Morgan fingerprint density at radius 3 is 2.68 bits per heavy atom. The lowest BCUT2D eigenvalue weighted by atomic mass is 10.1. The minimum atomic E-state index is -0.608. The van der Waals surface area contributed by atoms with Gasteiger partial charge in [0.2, 0.25) is 0 Å². The van der Waals surface area contributed by atoms with E-state index in [-0.39, 0.29) is 5.91 Å². The fraction of sp³-hybridized carbons (Fsp3) is 0.130. The summed E-state index contributed by atoms with van der Waals surface area (Å²) < 4.78 is 7.69. The Morgan fingerprint density at radius 2 is 1.89 bits per heavy atom. The lowest BCUT2D eigenvalue weighted by Crippen LogP contribution is -2.30. The molecule has 0 spiro atoms. The zero-order valence-corrected chi connectivity index (χ0v) is 15.8. The molecule has 0 aliphatic carbocycles. The van der Waals surface area contributed by atoms with Crippen molar-refractivity contribution in [3.8, 4) is 17.0 Å². The lowest BCUT2D eigenvalue weighted by Gasteiger charge is -2.15. The molecule has 0 saturated heterocycles. The summed E-state index contributed by atoms with van der Waals surface area (Å²) in [6.07, 6.45) is 3.36. The van der Waals surface area contributed by atoms with Gasteiger partial charge in [-0.15, -0.1) is 0 Å². The average molecular weight is 371 g/mol. The van der Waals surface area contributed by atoms with Crippen molar-refractivity contribution in [2.45, 2.75) is 20.0 Å². The number of carbonyl (C=O) groups is 1. The summed E-state index contributed by atoms with van der Waals surface area (Å²) >= 11 is 0. The molecule has 2 aromatic heterocycles. The molecule has 0 bridgehead atoms. The van der Waals surface area contributed by atoms with Crippen LogP contribution in [-0.4, -0.2) is 21.4 Å². The predicted octanol–water partition coefficient (Wildman–Crippen LogP) is 4.72. The number of carbonyl (C=O) groups excluding carboxylic acids is 1. The van der Waals surface area contributed by atoms with Crippen molar-refractivity contribution in [3.05, 3.63) is 84.7 Å². The molecule has 0 aliphatic rings. The number of pyridine rings is 1. The molecule has 4 aromatic rings. The molecule has 5 heteroatoms. The Balaban J connectivity index is 1.51. The number of para-hydroxylation sites is 1. The first-order valence-corrected chi connectivity index (χ1v) is 9.17. The van der Waals surface area contributed by atoms with E-state index in [4.69, 9.17) is 9.72 Å². The Hall–Kier alpha value is -3.60. The second-order valence-corrected chi connectivity index (χ2v) is 6.69. The van der Waals surface area contributed by atoms with Crippen molar-refractivity contribution >= 4 is 17.2 Å². The fourth-order valence-corrected chi connectivity index (χ4v) is 3.05. The number of fused-ring (bicyclic) bond motifs is 1. The second kappa shape index (κ2) is 7.56. The van der Waals surface area contributed by atoms with Crippen molar-refractivity contribution in [2.75, 3.05) is 5.32 Å². The van der Waals surface area contributed by atoms with Crippen LogP contribution in [0.4, 0.5) is 5.69 Å². The Kier molecular flexibility index (Phi) is 4.81. The number of anilines is 1. The molecule has 1 N–H and O–H groups in total. The number of aryl methyl sites for hydroxylation is 1. The first kappa shape index (κ1) is 17.8. The normalized spacial score (nSPS) is 11.9. The number of amides is 1. The highest BCUT2D eigenvalue weighted by atomic mass is 16.5. The van der Waals surface area contributed by atoms with Gasteiger partial charge < -0.3 is 14.5 Å². The Morgan fingerprint density at radius 1 is 1.07 bits per heavy atom. The molecule has 28 heavy (non-hydrogen) atoms. The summed E-state index contributed by atoms with van der Waals surface area (Å²) in [5, 5.41) is 2.92. The summed E-state index contributed by atoms with van der Waals surface area (Å²) in [6, 6.07) is 21.0. The first-order chi connectivity index (χ1) is 13.6. The van der Waals surface area contributed by atoms with Crippen LogP contribution < -0.4 is 10.1 Å². The zero-order chi connectivity index (χ0) is 19.5. The minimum absolute atomic E-state index is 0.202. The summed E-state index contributed by atoms with van der Waals surface area (Å²) in [4.78, 5) is 17.2. The molecule has 1 unspecified atom stereocenters. The minimum Gasteiger partial charge on any atom is -0.481 e. The van der Waals surface area contributed by atoms with E-state index in [2.05, 4.69) is 5.32 Å². The molecule has 2 aromatic carbocycles. The molecule has 140 valence electrons. The molecule has 0 saturated carbocycles. The van der Waals surface area contributed by atoms with Gasteiger partial charge in [0.1, 0.15) is 11.4 Å². The number of aromatic nitrogens is 2. The van der Waals surface area contributed by atoms with Gasteiger partial charge in [0.15, 0.2) is 6.10 Å². The molecular formula is C23H21N3O2. The van der Waals surface area contributed by atoms with Gasteiger partial charge in [-0.05, 0) is 49.7 Å². The van der Waals surface area contributed by atoms with E-state index in [1.54, 1.807) is 6.92 Å². The summed E-state index contributed by atoms with van der Waals surface area (Å²) in [5.41, 5.74) is 4.55. The summed E-state index contributed by atoms with van der Waals surface area (Å²) in [5.74, 6) is 0.464. The monoisotopic (exact) mass is 371 g/mol. The van der Waals surface area contributed by atoms with Crippen molar-refractivity contribution < 1.29 is 9.53 Å². The quantitative estimate of drug-likeness (QED) is 0.552. The molecule has 1 amide bonds. The number of rotatable bonds is 5. The smallest absolute Gasteiger partial charge is 0.265 e. The van der Waals surface area contributed by atoms with Crippen molar-refractivity contribution in [1.29, 1.82) is 0 Å². The largest absolute Gasteiger partial charge is 0.481 e. The molecule has 4 rings (SSSR count). The van der Waals surface area contributed by atoms with Gasteiger partial charge in [0.25, 0.3) is 5.91 Å².